The lowest BCUT2D eigenvalue weighted by Crippen LogP contribution is -2.31. The second kappa shape index (κ2) is 7.25. The summed E-state index contributed by atoms with van der Waals surface area (Å²) >= 11 is 0. The molecule has 2 aromatic rings. The molecule has 1 aliphatic rings. The second-order valence-electron chi connectivity index (χ2n) is 5.88. The molecule has 0 fully saturated rings. The van der Waals surface area contributed by atoms with Crippen molar-refractivity contribution in [1.29, 1.82) is 0 Å². The molecule has 0 radical (unpaired) electrons. The number of amides is 2. The van der Waals surface area contributed by atoms with E-state index in [4.69, 9.17) is 9.47 Å². The zero-order valence-corrected chi connectivity index (χ0v) is 14.0. The van der Waals surface area contributed by atoms with Gasteiger partial charge in [0.2, 0.25) is 6.79 Å². The zero-order chi connectivity index (χ0) is 16.9. The molecular weight excluding hydrogens is 304 g/mol. The summed E-state index contributed by atoms with van der Waals surface area (Å²) in [4.78, 5) is 12.2. The first-order valence-corrected chi connectivity index (χ1v) is 8.21. The number of hydrogen-bond donors (Lipinski definition) is 2. The summed E-state index contributed by atoms with van der Waals surface area (Å²) in [5.74, 6) is 1.34. The van der Waals surface area contributed by atoms with Crippen molar-refractivity contribution < 1.29 is 14.3 Å². The van der Waals surface area contributed by atoms with Gasteiger partial charge in [0.25, 0.3) is 0 Å². The first-order valence-electron chi connectivity index (χ1n) is 8.21. The van der Waals surface area contributed by atoms with Gasteiger partial charge in [0.1, 0.15) is 0 Å². The second-order valence-corrected chi connectivity index (χ2v) is 5.88. The molecule has 1 aliphatic heterocycles. The lowest BCUT2D eigenvalue weighted by molar-refractivity contribution is 0.174. The molecule has 2 N–H and O–H groups in total. The largest absolute Gasteiger partial charge is 0.454 e. The van der Waals surface area contributed by atoms with E-state index in [1.165, 1.54) is 5.56 Å². The minimum absolute atomic E-state index is 0.0744. The Labute approximate surface area is 142 Å². The van der Waals surface area contributed by atoms with Crippen LogP contribution < -0.4 is 20.1 Å². The Balaban J connectivity index is 1.57. The number of benzene rings is 2. The van der Waals surface area contributed by atoms with Gasteiger partial charge in [-0.25, -0.2) is 4.79 Å². The predicted molar refractivity (Wildman–Crippen MR) is 93.6 cm³/mol. The Hall–Kier alpha value is -2.69. The highest BCUT2D eigenvalue weighted by Crippen LogP contribution is 2.34. The number of fused-ring (bicyclic) bond motifs is 1. The molecule has 24 heavy (non-hydrogen) atoms. The van der Waals surface area contributed by atoms with Crippen LogP contribution in [0.5, 0.6) is 11.5 Å². The number of aryl methyl sites for hydroxylation is 1. The van der Waals surface area contributed by atoms with Crippen molar-refractivity contribution in [2.45, 2.75) is 32.7 Å². The van der Waals surface area contributed by atoms with Crippen LogP contribution in [0, 0.1) is 0 Å². The van der Waals surface area contributed by atoms with E-state index >= 15 is 0 Å². The van der Waals surface area contributed by atoms with Crippen molar-refractivity contribution in [3.05, 3.63) is 53.6 Å². The van der Waals surface area contributed by atoms with Crippen LogP contribution >= 0.6 is 0 Å². The number of carbonyl (C=O) groups is 1. The summed E-state index contributed by atoms with van der Waals surface area (Å²) in [5, 5.41) is 5.76. The summed E-state index contributed by atoms with van der Waals surface area (Å²) < 4.78 is 10.6. The Bertz CT molecular complexity index is 713. The van der Waals surface area contributed by atoms with Crippen LogP contribution in [0.4, 0.5) is 10.5 Å². The van der Waals surface area contributed by atoms with Crippen LogP contribution in [0.25, 0.3) is 0 Å². The molecule has 5 heteroatoms. The van der Waals surface area contributed by atoms with Crippen molar-refractivity contribution >= 4 is 11.7 Å². The molecule has 2 amide bonds. The number of nitrogens with one attached hydrogen (secondary N) is 2. The number of anilines is 1. The fourth-order valence-electron chi connectivity index (χ4n) is 2.68. The zero-order valence-electron chi connectivity index (χ0n) is 14.0. The third kappa shape index (κ3) is 3.79. The Morgan fingerprint density at radius 3 is 2.62 bits per heavy atom. The van der Waals surface area contributed by atoms with E-state index < -0.39 is 0 Å². The van der Waals surface area contributed by atoms with Gasteiger partial charge in [-0.15, -0.1) is 0 Å². The lowest BCUT2D eigenvalue weighted by Gasteiger charge is -2.15. The van der Waals surface area contributed by atoms with E-state index in [-0.39, 0.29) is 18.9 Å². The maximum absolute atomic E-state index is 12.2. The van der Waals surface area contributed by atoms with Gasteiger partial charge in [0.05, 0.1) is 6.04 Å². The standard InChI is InChI=1S/C19H22N2O3/c1-3-4-14-5-7-15(8-6-14)13(2)20-19(22)21-16-9-10-17-18(11-16)24-12-23-17/h5-11,13H,3-4,12H2,1-2H3,(H2,20,21,22)/t13-/m0/s1. The topological polar surface area (TPSA) is 59.6 Å². The number of rotatable bonds is 5. The Morgan fingerprint density at radius 2 is 1.88 bits per heavy atom. The van der Waals surface area contributed by atoms with Crippen LogP contribution in [0.2, 0.25) is 0 Å². The van der Waals surface area contributed by atoms with Gasteiger partial charge < -0.3 is 20.1 Å². The van der Waals surface area contributed by atoms with E-state index in [1.54, 1.807) is 18.2 Å². The summed E-state index contributed by atoms with van der Waals surface area (Å²) in [5.41, 5.74) is 3.07. The van der Waals surface area contributed by atoms with Crippen molar-refractivity contribution in [2.24, 2.45) is 0 Å². The minimum atomic E-state index is -0.251. The van der Waals surface area contributed by atoms with Crippen molar-refractivity contribution in [3.63, 3.8) is 0 Å². The molecule has 1 heterocycles. The van der Waals surface area contributed by atoms with Gasteiger partial charge in [-0.3, -0.25) is 0 Å². The van der Waals surface area contributed by atoms with E-state index in [9.17, 15) is 4.79 Å². The Morgan fingerprint density at radius 1 is 1.12 bits per heavy atom. The third-order valence-corrected chi connectivity index (χ3v) is 4.00. The highest BCUT2D eigenvalue weighted by molar-refractivity contribution is 5.90. The van der Waals surface area contributed by atoms with Gasteiger partial charge in [0.15, 0.2) is 11.5 Å². The Kier molecular flexibility index (Phi) is 4.89. The average molecular weight is 326 g/mol. The van der Waals surface area contributed by atoms with Gasteiger partial charge in [0, 0.05) is 11.8 Å². The van der Waals surface area contributed by atoms with Crippen LogP contribution in [0.1, 0.15) is 37.4 Å². The normalized spacial score (nSPS) is 13.4. The van der Waals surface area contributed by atoms with Gasteiger partial charge in [-0.2, -0.15) is 0 Å². The minimum Gasteiger partial charge on any atom is -0.454 e. The number of hydrogen-bond acceptors (Lipinski definition) is 3. The number of urea groups is 1. The highest BCUT2D eigenvalue weighted by Gasteiger charge is 2.15. The van der Waals surface area contributed by atoms with E-state index in [2.05, 4.69) is 41.8 Å². The maximum atomic E-state index is 12.2. The summed E-state index contributed by atoms with van der Waals surface area (Å²) in [6.07, 6.45) is 2.21. The SMILES string of the molecule is CCCc1ccc([C@H](C)NC(=O)Nc2ccc3c(c2)OCO3)cc1. The van der Waals surface area contributed by atoms with Gasteiger partial charge in [-0.05, 0) is 36.6 Å². The maximum Gasteiger partial charge on any atom is 0.319 e. The molecule has 0 saturated heterocycles. The summed E-state index contributed by atoms with van der Waals surface area (Å²) in [7, 11) is 0. The average Bonchev–Trinajstić information content (AvgIpc) is 3.03. The molecule has 0 spiro atoms. The monoisotopic (exact) mass is 326 g/mol. The van der Waals surface area contributed by atoms with Crippen LogP contribution in [0.15, 0.2) is 42.5 Å². The van der Waals surface area contributed by atoms with Crippen LogP contribution in [0.3, 0.4) is 0 Å². The van der Waals surface area contributed by atoms with Crippen molar-refractivity contribution in [1.82, 2.24) is 5.32 Å². The van der Waals surface area contributed by atoms with Crippen molar-refractivity contribution in [3.8, 4) is 11.5 Å². The number of ether oxygens (including phenoxy) is 2. The molecule has 0 bridgehead atoms. The molecule has 126 valence electrons. The fraction of sp³-hybridized carbons (Fsp3) is 0.316. The van der Waals surface area contributed by atoms with Crippen LogP contribution in [-0.2, 0) is 6.42 Å². The number of carbonyl (C=O) groups excluding carboxylic acids is 1. The predicted octanol–water partition coefficient (Wildman–Crippen LogP) is 4.25. The third-order valence-electron chi connectivity index (χ3n) is 4.00. The first-order chi connectivity index (χ1) is 11.7. The highest BCUT2D eigenvalue weighted by atomic mass is 16.7. The van der Waals surface area contributed by atoms with Crippen molar-refractivity contribution in [2.75, 3.05) is 12.1 Å². The molecular formula is C19H22N2O3. The van der Waals surface area contributed by atoms with E-state index in [1.807, 2.05) is 6.92 Å². The molecule has 0 saturated carbocycles. The quantitative estimate of drug-likeness (QED) is 0.863. The smallest absolute Gasteiger partial charge is 0.319 e. The molecule has 0 unspecified atom stereocenters. The van der Waals surface area contributed by atoms with Crippen LogP contribution in [-0.4, -0.2) is 12.8 Å². The molecule has 0 aliphatic carbocycles. The van der Waals surface area contributed by atoms with E-state index in [0.29, 0.717) is 17.2 Å². The van der Waals surface area contributed by atoms with Gasteiger partial charge in [-0.1, -0.05) is 37.6 Å². The summed E-state index contributed by atoms with van der Waals surface area (Å²) in [6, 6.07) is 13.4. The molecule has 0 aromatic heterocycles. The lowest BCUT2D eigenvalue weighted by atomic mass is 10.0. The van der Waals surface area contributed by atoms with E-state index in [0.717, 1.165) is 18.4 Å². The molecule has 1 atom stereocenters. The summed E-state index contributed by atoms with van der Waals surface area (Å²) in [6.45, 7) is 4.35. The molecule has 3 rings (SSSR count). The van der Waals surface area contributed by atoms with Gasteiger partial charge >= 0.3 is 6.03 Å². The fourth-order valence-corrected chi connectivity index (χ4v) is 2.68. The molecule has 5 nitrogen and oxygen atoms in total. The first kappa shape index (κ1) is 16.2. The molecule has 2 aromatic carbocycles.